The largest absolute Gasteiger partial charge is 0.294 e. The van der Waals surface area contributed by atoms with Gasteiger partial charge in [-0.1, -0.05) is 24.3 Å². The number of Topliss-reactive ketones (excluding diaryl/α,β-unsaturated/α-hetero) is 1. The summed E-state index contributed by atoms with van der Waals surface area (Å²) in [6.07, 6.45) is 4.80. The van der Waals surface area contributed by atoms with Crippen molar-refractivity contribution < 1.29 is 13.2 Å². The van der Waals surface area contributed by atoms with E-state index in [-0.39, 0.29) is 11.7 Å². The maximum absolute atomic E-state index is 12.4. The van der Waals surface area contributed by atoms with Crippen molar-refractivity contribution in [1.82, 2.24) is 4.31 Å². The van der Waals surface area contributed by atoms with Crippen LogP contribution in [0.3, 0.4) is 0 Å². The minimum atomic E-state index is -3.11. The maximum atomic E-state index is 12.4. The molecule has 3 rings (SSSR count). The van der Waals surface area contributed by atoms with E-state index in [1.807, 2.05) is 24.3 Å². The number of sulfonamides is 1. The fraction of sp³-hybridized carbons (Fsp3) is 0.562. The van der Waals surface area contributed by atoms with Gasteiger partial charge in [-0.2, -0.15) is 0 Å². The topological polar surface area (TPSA) is 54.5 Å². The quantitative estimate of drug-likeness (QED) is 0.859. The number of nitrogens with zero attached hydrogens (tertiary/aromatic N) is 1. The van der Waals surface area contributed by atoms with Gasteiger partial charge >= 0.3 is 0 Å². The molecule has 5 heteroatoms. The Labute approximate surface area is 126 Å². The molecule has 0 spiro atoms. The molecule has 1 aromatic carbocycles. The maximum Gasteiger partial charge on any atom is 0.211 e. The first kappa shape index (κ1) is 14.7. The Bertz CT molecular complexity index is 653. The first-order valence-corrected chi connectivity index (χ1v) is 9.37. The van der Waals surface area contributed by atoms with Crippen LogP contribution in [0.4, 0.5) is 0 Å². The second-order valence-corrected chi connectivity index (χ2v) is 8.27. The predicted octanol–water partition coefficient (Wildman–Crippen LogP) is 2.10. The molecule has 21 heavy (non-hydrogen) atoms. The van der Waals surface area contributed by atoms with Crippen LogP contribution in [-0.2, 0) is 16.4 Å². The molecule has 2 aliphatic rings. The average Bonchev–Trinajstić information content (AvgIpc) is 2.75. The van der Waals surface area contributed by atoms with E-state index < -0.39 is 10.0 Å². The predicted molar refractivity (Wildman–Crippen MR) is 81.7 cm³/mol. The third kappa shape index (κ3) is 3.04. The van der Waals surface area contributed by atoms with E-state index in [0.717, 1.165) is 36.8 Å². The third-order valence-corrected chi connectivity index (χ3v) is 5.96. The van der Waals surface area contributed by atoms with Crippen LogP contribution in [0, 0.1) is 11.8 Å². The van der Waals surface area contributed by atoms with E-state index in [4.69, 9.17) is 0 Å². The molecule has 114 valence electrons. The number of ketones is 1. The zero-order valence-corrected chi connectivity index (χ0v) is 13.1. The molecule has 0 radical (unpaired) electrons. The van der Waals surface area contributed by atoms with E-state index in [2.05, 4.69) is 0 Å². The van der Waals surface area contributed by atoms with Crippen molar-refractivity contribution in [3.05, 3.63) is 35.4 Å². The third-order valence-electron chi connectivity index (χ3n) is 4.69. The second kappa shape index (κ2) is 5.54. The lowest BCUT2D eigenvalue weighted by atomic mass is 9.87. The molecule has 1 aliphatic heterocycles. The van der Waals surface area contributed by atoms with Crippen LogP contribution in [0.5, 0.6) is 0 Å². The van der Waals surface area contributed by atoms with E-state index in [1.165, 1.54) is 6.26 Å². The summed E-state index contributed by atoms with van der Waals surface area (Å²) in [5.41, 5.74) is 2.00. The van der Waals surface area contributed by atoms with E-state index in [1.54, 1.807) is 4.31 Å². The van der Waals surface area contributed by atoms with Crippen LogP contribution < -0.4 is 0 Å². The minimum Gasteiger partial charge on any atom is -0.294 e. The van der Waals surface area contributed by atoms with Crippen molar-refractivity contribution in [2.24, 2.45) is 11.8 Å². The van der Waals surface area contributed by atoms with Crippen molar-refractivity contribution >= 4 is 15.8 Å². The van der Waals surface area contributed by atoms with Gasteiger partial charge in [0.1, 0.15) is 0 Å². The van der Waals surface area contributed by atoms with Crippen LogP contribution in [0.15, 0.2) is 24.3 Å². The van der Waals surface area contributed by atoms with Crippen molar-refractivity contribution in [3.63, 3.8) is 0 Å². The molecule has 0 bridgehead atoms. The first-order valence-electron chi connectivity index (χ1n) is 7.52. The molecular weight excluding hydrogens is 286 g/mol. The van der Waals surface area contributed by atoms with E-state index in [9.17, 15) is 13.2 Å². The number of hydrogen-bond acceptors (Lipinski definition) is 3. The van der Waals surface area contributed by atoms with Crippen LogP contribution in [0.1, 0.15) is 35.2 Å². The molecule has 1 aromatic rings. The second-order valence-electron chi connectivity index (χ2n) is 6.29. The van der Waals surface area contributed by atoms with Gasteiger partial charge in [-0.3, -0.25) is 4.79 Å². The molecule has 1 aliphatic carbocycles. The Morgan fingerprint density at radius 1 is 1.29 bits per heavy atom. The molecule has 0 aromatic heterocycles. The molecule has 0 N–H and O–H groups in total. The van der Waals surface area contributed by atoms with Gasteiger partial charge in [-0.25, -0.2) is 12.7 Å². The molecule has 1 fully saturated rings. The SMILES string of the molecule is CS(=O)(=O)N1CCCC(CC2Cc3ccccc3C2=O)C1. The lowest BCUT2D eigenvalue weighted by molar-refractivity contribution is 0.0908. The summed E-state index contributed by atoms with van der Waals surface area (Å²) in [7, 11) is -3.11. The molecular formula is C16H21NO3S. The molecule has 4 nitrogen and oxygen atoms in total. The fourth-order valence-electron chi connectivity index (χ4n) is 3.63. The lowest BCUT2D eigenvalue weighted by Crippen LogP contribution is -2.40. The van der Waals surface area contributed by atoms with Gasteiger partial charge in [0, 0.05) is 24.6 Å². The number of benzene rings is 1. The van der Waals surface area contributed by atoms with Crippen molar-refractivity contribution in [2.75, 3.05) is 19.3 Å². The van der Waals surface area contributed by atoms with Crippen LogP contribution in [0.2, 0.25) is 0 Å². The monoisotopic (exact) mass is 307 g/mol. The average molecular weight is 307 g/mol. The molecule has 0 saturated carbocycles. The number of piperidine rings is 1. The van der Waals surface area contributed by atoms with Gasteiger partial charge in [-0.05, 0) is 37.2 Å². The lowest BCUT2D eigenvalue weighted by Gasteiger charge is -2.32. The molecule has 2 atom stereocenters. The zero-order valence-electron chi connectivity index (χ0n) is 12.3. The minimum absolute atomic E-state index is 0.0342. The van der Waals surface area contributed by atoms with Crippen LogP contribution in [0.25, 0.3) is 0 Å². The Morgan fingerprint density at radius 2 is 2.05 bits per heavy atom. The molecule has 1 saturated heterocycles. The van der Waals surface area contributed by atoms with Gasteiger partial charge in [0.05, 0.1) is 6.26 Å². The summed E-state index contributed by atoms with van der Waals surface area (Å²) < 4.78 is 24.9. The van der Waals surface area contributed by atoms with Gasteiger partial charge in [0.25, 0.3) is 0 Å². The van der Waals surface area contributed by atoms with Gasteiger partial charge < -0.3 is 0 Å². The van der Waals surface area contributed by atoms with Gasteiger partial charge in [0.2, 0.25) is 10.0 Å². The zero-order chi connectivity index (χ0) is 15.0. The smallest absolute Gasteiger partial charge is 0.211 e. The number of hydrogen-bond donors (Lipinski definition) is 0. The van der Waals surface area contributed by atoms with E-state index in [0.29, 0.717) is 19.0 Å². The number of carbonyl (C=O) groups excluding carboxylic acids is 1. The Hall–Kier alpha value is -1.20. The van der Waals surface area contributed by atoms with Crippen LogP contribution >= 0.6 is 0 Å². The highest BCUT2D eigenvalue weighted by Crippen LogP contribution is 2.33. The highest BCUT2D eigenvalue weighted by Gasteiger charge is 2.34. The molecule has 2 unspecified atom stereocenters. The molecule has 0 amide bonds. The summed E-state index contributed by atoms with van der Waals surface area (Å²) >= 11 is 0. The normalized spacial score (nSPS) is 26.8. The number of rotatable bonds is 3. The number of fused-ring (bicyclic) bond motifs is 1. The highest BCUT2D eigenvalue weighted by molar-refractivity contribution is 7.88. The van der Waals surface area contributed by atoms with Crippen molar-refractivity contribution in [3.8, 4) is 0 Å². The van der Waals surface area contributed by atoms with Crippen molar-refractivity contribution in [2.45, 2.75) is 25.7 Å². The summed E-state index contributed by atoms with van der Waals surface area (Å²) in [4.78, 5) is 12.4. The molecule has 1 heterocycles. The number of carbonyl (C=O) groups is 1. The Balaban J connectivity index is 1.67. The van der Waals surface area contributed by atoms with Gasteiger partial charge in [-0.15, -0.1) is 0 Å². The van der Waals surface area contributed by atoms with Crippen molar-refractivity contribution in [1.29, 1.82) is 0 Å². The fourth-order valence-corrected chi connectivity index (χ4v) is 4.57. The highest BCUT2D eigenvalue weighted by atomic mass is 32.2. The van der Waals surface area contributed by atoms with Crippen LogP contribution in [-0.4, -0.2) is 37.9 Å². The summed E-state index contributed by atoms with van der Waals surface area (Å²) in [5, 5.41) is 0. The summed E-state index contributed by atoms with van der Waals surface area (Å²) in [5.74, 6) is 0.575. The first-order chi connectivity index (χ1) is 9.95. The summed E-state index contributed by atoms with van der Waals surface area (Å²) in [6.45, 7) is 1.19. The van der Waals surface area contributed by atoms with E-state index >= 15 is 0 Å². The Kier molecular flexibility index (Phi) is 3.88. The summed E-state index contributed by atoms with van der Waals surface area (Å²) in [6, 6.07) is 7.81. The standard InChI is InChI=1S/C16H21NO3S/c1-21(19,20)17-8-4-5-12(11-17)9-14-10-13-6-2-3-7-15(13)16(14)18/h2-3,6-7,12,14H,4-5,8-11H2,1H3. The Morgan fingerprint density at radius 3 is 2.76 bits per heavy atom. The van der Waals surface area contributed by atoms with Gasteiger partial charge in [0.15, 0.2) is 5.78 Å².